The second-order valence-electron chi connectivity index (χ2n) is 8.91. The molecule has 4 nitrogen and oxygen atoms in total. The summed E-state index contributed by atoms with van der Waals surface area (Å²) in [5.74, 6) is 0. The van der Waals surface area contributed by atoms with E-state index in [0.717, 1.165) is 49.3 Å². The van der Waals surface area contributed by atoms with Crippen LogP contribution in [-0.4, -0.2) is 34.7 Å². The van der Waals surface area contributed by atoms with Gasteiger partial charge in [-0.2, -0.15) is 0 Å². The highest BCUT2D eigenvalue weighted by atomic mass is 16.6. The molecule has 2 heterocycles. The van der Waals surface area contributed by atoms with E-state index in [2.05, 4.69) is 31.7 Å². The van der Waals surface area contributed by atoms with Gasteiger partial charge < -0.3 is 9.64 Å². The van der Waals surface area contributed by atoms with E-state index in [1.165, 1.54) is 11.1 Å². The molecule has 1 spiro atoms. The summed E-state index contributed by atoms with van der Waals surface area (Å²) in [5.41, 5.74) is 5.34. The number of carbonyl (C=O) groups excluding carboxylic acids is 1. The first-order valence-electron chi connectivity index (χ1n) is 9.39. The van der Waals surface area contributed by atoms with E-state index in [4.69, 9.17) is 9.72 Å². The van der Waals surface area contributed by atoms with Gasteiger partial charge in [0.2, 0.25) is 0 Å². The third-order valence-electron chi connectivity index (χ3n) is 5.24. The number of aromatic nitrogens is 1. The molecule has 0 atom stereocenters. The van der Waals surface area contributed by atoms with E-state index in [9.17, 15) is 4.79 Å². The molecule has 3 rings (SSSR count). The molecule has 0 N–H and O–H groups in total. The molecule has 1 aromatic rings. The van der Waals surface area contributed by atoms with Gasteiger partial charge in [0.25, 0.3) is 0 Å². The average molecular weight is 354 g/mol. The summed E-state index contributed by atoms with van der Waals surface area (Å²) in [6, 6.07) is 4.24. The van der Waals surface area contributed by atoms with Crippen molar-refractivity contribution in [1.29, 1.82) is 0 Å². The van der Waals surface area contributed by atoms with Gasteiger partial charge in [-0.25, -0.2) is 9.78 Å². The number of likely N-dealkylation sites (tertiary alicyclic amines) is 1. The van der Waals surface area contributed by atoms with Crippen LogP contribution in [0.4, 0.5) is 4.79 Å². The minimum Gasteiger partial charge on any atom is -0.444 e. The number of pyridine rings is 1. The summed E-state index contributed by atoms with van der Waals surface area (Å²) in [7, 11) is 0. The maximum absolute atomic E-state index is 12.2. The predicted octanol–water partition coefficient (Wildman–Crippen LogP) is 5.23. The van der Waals surface area contributed by atoms with Crippen molar-refractivity contribution in [3.63, 3.8) is 0 Å². The maximum Gasteiger partial charge on any atom is 0.410 e. The quantitative estimate of drug-likeness (QED) is 0.730. The highest BCUT2D eigenvalue weighted by Crippen LogP contribution is 2.45. The van der Waals surface area contributed by atoms with Crippen molar-refractivity contribution >= 4 is 17.2 Å². The summed E-state index contributed by atoms with van der Waals surface area (Å²) in [6.45, 7) is 15.4. The van der Waals surface area contributed by atoms with E-state index in [1.54, 1.807) is 0 Å². The lowest BCUT2D eigenvalue weighted by molar-refractivity contribution is -0.0371. The van der Waals surface area contributed by atoms with Gasteiger partial charge in [-0.1, -0.05) is 18.7 Å². The maximum atomic E-state index is 12.2. The molecule has 1 aliphatic carbocycles. The Kier molecular flexibility index (Phi) is 4.72. The number of nitrogens with zero attached hydrogens (tertiary/aromatic N) is 2. The van der Waals surface area contributed by atoms with E-state index in [1.807, 2.05) is 32.6 Å². The van der Waals surface area contributed by atoms with Crippen molar-refractivity contribution in [3.05, 3.63) is 41.7 Å². The molecule has 2 aliphatic rings. The first kappa shape index (κ1) is 18.7. The zero-order chi connectivity index (χ0) is 19.1. The number of aryl methyl sites for hydroxylation is 1. The molecule has 1 aliphatic heterocycles. The summed E-state index contributed by atoms with van der Waals surface area (Å²) < 4.78 is 5.47. The largest absolute Gasteiger partial charge is 0.444 e. The average Bonchev–Trinajstić information content (AvgIpc) is 2.51. The topological polar surface area (TPSA) is 42.4 Å². The van der Waals surface area contributed by atoms with Gasteiger partial charge in [0.1, 0.15) is 5.60 Å². The lowest BCUT2D eigenvalue weighted by atomic mass is 9.69. The first-order chi connectivity index (χ1) is 12.1. The summed E-state index contributed by atoms with van der Waals surface area (Å²) in [4.78, 5) is 18.8. The number of allylic oxidation sites excluding steroid dienone is 3. The molecule has 4 heteroatoms. The van der Waals surface area contributed by atoms with Gasteiger partial charge in [-0.15, -0.1) is 0 Å². The number of hydrogen-bond donors (Lipinski definition) is 0. The van der Waals surface area contributed by atoms with Crippen molar-refractivity contribution in [2.45, 2.75) is 59.5 Å². The van der Waals surface area contributed by atoms with Gasteiger partial charge in [0, 0.05) is 18.5 Å². The Morgan fingerprint density at radius 3 is 2.54 bits per heavy atom. The van der Waals surface area contributed by atoms with Gasteiger partial charge in [0.05, 0.1) is 11.4 Å². The molecule has 0 bridgehead atoms. The zero-order valence-corrected chi connectivity index (χ0v) is 16.7. The van der Waals surface area contributed by atoms with E-state index < -0.39 is 5.60 Å². The fourth-order valence-corrected chi connectivity index (χ4v) is 3.82. The molecule has 26 heavy (non-hydrogen) atoms. The SMILES string of the molecule is C=C(C)c1nc(C2=CCC3(CC2)CN(C(=O)OC(C)(C)C)C3)ccc1C. The Balaban J connectivity index is 1.64. The Labute approximate surface area is 156 Å². The van der Waals surface area contributed by atoms with Crippen molar-refractivity contribution in [3.8, 4) is 0 Å². The molecular weight excluding hydrogens is 324 g/mol. The van der Waals surface area contributed by atoms with Crippen molar-refractivity contribution in [1.82, 2.24) is 9.88 Å². The normalized spacial score (nSPS) is 19.0. The van der Waals surface area contributed by atoms with Crippen molar-refractivity contribution in [2.75, 3.05) is 13.1 Å². The third-order valence-corrected chi connectivity index (χ3v) is 5.24. The summed E-state index contributed by atoms with van der Waals surface area (Å²) in [5, 5.41) is 0. The van der Waals surface area contributed by atoms with Gasteiger partial charge in [-0.3, -0.25) is 0 Å². The van der Waals surface area contributed by atoms with Crippen molar-refractivity contribution < 1.29 is 9.53 Å². The van der Waals surface area contributed by atoms with Gasteiger partial charge in [-0.05, 0) is 76.7 Å². The van der Waals surface area contributed by atoms with Crippen LogP contribution in [0.1, 0.15) is 63.9 Å². The fourth-order valence-electron chi connectivity index (χ4n) is 3.82. The second-order valence-corrected chi connectivity index (χ2v) is 8.91. The molecular formula is C22H30N2O2. The third kappa shape index (κ3) is 3.84. The van der Waals surface area contributed by atoms with Crippen LogP contribution in [0.15, 0.2) is 24.8 Å². The monoisotopic (exact) mass is 354 g/mol. The van der Waals surface area contributed by atoms with Crippen molar-refractivity contribution in [2.24, 2.45) is 5.41 Å². The molecule has 1 aromatic heterocycles. The number of ether oxygens (including phenoxy) is 1. The molecule has 0 aromatic carbocycles. The Morgan fingerprint density at radius 1 is 1.31 bits per heavy atom. The first-order valence-corrected chi connectivity index (χ1v) is 9.39. The molecule has 140 valence electrons. The molecule has 1 fully saturated rings. The number of hydrogen-bond acceptors (Lipinski definition) is 3. The highest BCUT2D eigenvalue weighted by Gasteiger charge is 2.46. The molecule has 1 amide bonds. The summed E-state index contributed by atoms with van der Waals surface area (Å²) in [6.07, 6.45) is 5.23. The minimum absolute atomic E-state index is 0.191. The molecule has 0 unspecified atom stereocenters. The fraction of sp³-hybridized carbons (Fsp3) is 0.545. The zero-order valence-electron chi connectivity index (χ0n) is 16.7. The Bertz CT molecular complexity index is 765. The van der Waals surface area contributed by atoms with E-state index in [0.29, 0.717) is 0 Å². The standard InChI is InChI=1S/C22H30N2O2/c1-15(2)19-16(3)7-8-18(23-19)17-9-11-22(12-10-17)13-24(14-22)20(25)26-21(4,5)6/h7-9H,1,10-14H2,2-6H3. The lowest BCUT2D eigenvalue weighted by Gasteiger charge is -2.51. The van der Waals surface area contributed by atoms with Crippen LogP contribution in [0.3, 0.4) is 0 Å². The predicted molar refractivity (Wildman–Crippen MR) is 106 cm³/mol. The Morgan fingerprint density at radius 2 is 2.00 bits per heavy atom. The number of rotatable bonds is 2. The number of carbonyl (C=O) groups is 1. The van der Waals surface area contributed by atoms with Crippen LogP contribution in [0.2, 0.25) is 0 Å². The molecule has 0 saturated carbocycles. The van der Waals surface area contributed by atoms with Gasteiger partial charge >= 0.3 is 6.09 Å². The highest BCUT2D eigenvalue weighted by molar-refractivity contribution is 5.71. The molecule has 1 saturated heterocycles. The van der Waals surface area contributed by atoms with E-state index in [-0.39, 0.29) is 11.5 Å². The van der Waals surface area contributed by atoms with Crippen LogP contribution in [0.5, 0.6) is 0 Å². The van der Waals surface area contributed by atoms with E-state index >= 15 is 0 Å². The summed E-state index contributed by atoms with van der Waals surface area (Å²) >= 11 is 0. The van der Waals surface area contributed by atoms with Gasteiger partial charge in [0.15, 0.2) is 0 Å². The number of amides is 1. The van der Waals surface area contributed by atoms with Crippen LogP contribution in [0.25, 0.3) is 11.1 Å². The smallest absolute Gasteiger partial charge is 0.410 e. The molecule has 0 radical (unpaired) electrons. The van der Waals surface area contributed by atoms with Crippen LogP contribution >= 0.6 is 0 Å². The lowest BCUT2D eigenvalue weighted by Crippen LogP contribution is -2.59. The van der Waals surface area contributed by atoms with Crippen LogP contribution < -0.4 is 0 Å². The second kappa shape index (κ2) is 6.57. The van der Waals surface area contributed by atoms with Crippen LogP contribution in [0, 0.1) is 12.3 Å². The minimum atomic E-state index is -0.433. The van der Waals surface area contributed by atoms with Crippen LogP contribution in [-0.2, 0) is 4.74 Å². The Hall–Kier alpha value is -2.10.